The van der Waals surface area contributed by atoms with Gasteiger partial charge >= 0.3 is 16.8 Å². The summed E-state index contributed by atoms with van der Waals surface area (Å²) in [4.78, 5) is 27.4. The maximum atomic E-state index is 10.7. The van der Waals surface area contributed by atoms with Crippen molar-refractivity contribution in [2.45, 2.75) is 80.1 Å². The molecule has 0 fully saturated rings. The zero-order valence-electron chi connectivity index (χ0n) is 27.9. The van der Waals surface area contributed by atoms with Crippen molar-refractivity contribution in [3.05, 3.63) is 94.0 Å². The first kappa shape index (κ1) is 40.6. The van der Waals surface area contributed by atoms with E-state index in [1.165, 1.54) is 11.1 Å². The largest absolute Gasteiger partial charge is 2.00 e. The molecule has 0 heterocycles. The quantitative estimate of drug-likeness (QED) is 0.181. The number of rotatable bonds is 10. The molecule has 0 spiro atoms. The first-order chi connectivity index (χ1) is 21.9. The number of carboxylic acid groups (broad SMARTS) is 2. The van der Waals surface area contributed by atoms with Crippen molar-refractivity contribution in [2.24, 2.45) is 9.98 Å². The molecule has 0 amide bonds. The Hall–Kier alpha value is -4.47. The molecule has 4 aromatic rings. The summed E-state index contributed by atoms with van der Waals surface area (Å²) >= 11 is 0. The standard InChI is InChI=1S/C34H38N2O2.2C2H4O2.Co/c1-5-7-11-25-15-23(3)33(37)29(17-25)21-35-31-19-27-13-9-10-14-28(27)20-32(31)36-22-30-18-26(12-8-6-2)16-24(4)34(30)38;2*1-2(3)4;/h9-10,13-22,37-38H,5-8,11-12H2,1-4H3;2*1H3,(H,3,4);/q;;;+2/p-2. The van der Waals surface area contributed by atoms with E-state index in [1.807, 2.05) is 50.2 Å². The Morgan fingerprint density at radius 3 is 1.34 bits per heavy atom. The Labute approximate surface area is 288 Å². The molecule has 1 radical (unpaired) electrons. The van der Waals surface area contributed by atoms with Gasteiger partial charge < -0.3 is 30.0 Å². The molecule has 8 nitrogen and oxygen atoms in total. The summed E-state index contributed by atoms with van der Waals surface area (Å²) in [7, 11) is 0. The minimum atomic E-state index is -1.08. The first-order valence-corrected chi connectivity index (χ1v) is 15.5. The number of aliphatic imine (C=N–C) groups is 2. The van der Waals surface area contributed by atoms with Gasteiger partial charge in [0, 0.05) is 35.5 Å². The van der Waals surface area contributed by atoms with E-state index < -0.39 is 11.9 Å². The Bertz CT molecular complexity index is 1570. The molecule has 0 aliphatic rings. The summed E-state index contributed by atoms with van der Waals surface area (Å²) in [6.45, 7) is 10.2. The molecule has 0 saturated carbocycles. The van der Waals surface area contributed by atoms with Crippen molar-refractivity contribution in [1.29, 1.82) is 0 Å². The molecular formula is C38H44CoN2O6. The molecular weight excluding hydrogens is 639 g/mol. The average Bonchev–Trinajstić information content (AvgIpc) is 2.99. The number of unbranched alkanes of at least 4 members (excludes halogenated alkanes) is 2. The number of phenolic OH excluding ortho intramolecular Hbond substituents is 2. The van der Waals surface area contributed by atoms with Crippen LogP contribution in [-0.2, 0) is 39.2 Å². The van der Waals surface area contributed by atoms with Crippen molar-refractivity contribution >= 4 is 46.5 Å². The summed E-state index contributed by atoms with van der Waals surface area (Å²) in [6, 6.07) is 20.3. The summed E-state index contributed by atoms with van der Waals surface area (Å²) in [5.41, 5.74) is 6.93. The zero-order chi connectivity index (χ0) is 34.2. The molecule has 0 aromatic heterocycles. The second kappa shape index (κ2) is 20.6. The fourth-order valence-electron chi connectivity index (χ4n) is 4.72. The molecule has 251 valence electrons. The van der Waals surface area contributed by atoms with Gasteiger partial charge in [-0.15, -0.1) is 0 Å². The Balaban J connectivity index is 0.00000110. The van der Waals surface area contributed by atoms with Gasteiger partial charge in [0.2, 0.25) is 0 Å². The number of carbonyl (C=O) groups is 2. The van der Waals surface area contributed by atoms with E-state index in [2.05, 4.69) is 38.1 Å². The summed E-state index contributed by atoms with van der Waals surface area (Å²) in [5, 5.41) is 41.3. The number of fused-ring (bicyclic) bond motifs is 1. The third-order valence-corrected chi connectivity index (χ3v) is 6.95. The van der Waals surface area contributed by atoms with Gasteiger partial charge in [0.25, 0.3) is 0 Å². The predicted octanol–water partition coefficient (Wildman–Crippen LogP) is 6.56. The van der Waals surface area contributed by atoms with Gasteiger partial charge in [-0.1, -0.05) is 63.1 Å². The zero-order valence-corrected chi connectivity index (χ0v) is 29.0. The third-order valence-electron chi connectivity index (χ3n) is 6.95. The number of carboxylic acids is 2. The number of benzene rings is 4. The number of hydrogen-bond acceptors (Lipinski definition) is 8. The third kappa shape index (κ3) is 13.8. The molecule has 9 heteroatoms. The van der Waals surface area contributed by atoms with Crippen LogP contribution in [0.15, 0.2) is 70.6 Å². The van der Waals surface area contributed by atoms with E-state index in [0.717, 1.165) is 74.3 Å². The van der Waals surface area contributed by atoms with Crippen LogP contribution < -0.4 is 10.2 Å². The molecule has 0 saturated heterocycles. The maximum Gasteiger partial charge on any atom is 2.00 e. The molecule has 47 heavy (non-hydrogen) atoms. The molecule has 4 rings (SSSR count). The van der Waals surface area contributed by atoms with Crippen molar-refractivity contribution in [3.8, 4) is 11.5 Å². The van der Waals surface area contributed by atoms with Crippen molar-refractivity contribution < 1.29 is 46.8 Å². The predicted molar refractivity (Wildman–Crippen MR) is 183 cm³/mol. The molecule has 0 unspecified atom stereocenters. The summed E-state index contributed by atoms with van der Waals surface area (Å²) in [6.07, 6.45) is 9.87. The first-order valence-electron chi connectivity index (χ1n) is 15.5. The smallest absolute Gasteiger partial charge is 0.550 e. The van der Waals surface area contributed by atoms with Crippen LogP contribution in [0.4, 0.5) is 11.4 Å². The molecule has 2 N–H and O–H groups in total. The molecule has 0 bridgehead atoms. The normalized spacial score (nSPS) is 10.6. The Morgan fingerprint density at radius 2 is 1.02 bits per heavy atom. The van der Waals surface area contributed by atoms with E-state index >= 15 is 0 Å². The van der Waals surface area contributed by atoms with E-state index in [9.17, 15) is 10.2 Å². The summed E-state index contributed by atoms with van der Waals surface area (Å²) < 4.78 is 0. The van der Waals surface area contributed by atoms with Crippen molar-refractivity contribution in [2.75, 3.05) is 0 Å². The SMILES string of the molecule is CC(=O)[O-].CC(=O)[O-].CCCCc1cc(C)c(O)c(C=Nc2cc3ccccc3cc2N=Cc2cc(CCCC)cc(C)c2O)c1.[Co+2]. The molecule has 0 atom stereocenters. The number of aromatic hydroxyl groups is 2. The van der Waals surface area contributed by atoms with E-state index in [0.29, 0.717) is 22.5 Å². The van der Waals surface area contributed by atoms with Gasteiger partial charge in [0.15, 0.2) is 0 Å². The monoisotopic (exact) mass is 683 g/mol. The number of nitrogens with zero attached hydrogens (tertiary/aromatic N) is 2. The minimum Gasteiger partial charge on any atom is -0.550 e. The number of phenols is 2. The van der Waals surface area contributed by atoms with Gasteiger partial charge in [-0.3, -0.25) is 9.98 Å². The molecule has 4 aromatic carbocycles. The van der Waals surface area contributed by atoms with E-state index in [-0.39, 0.29) is 28.3 Å². The second-order valence-corrected chi connectivity index (χ2v) is 11.1. The topological polar surface area (TPSA) is 145 Å². The Morgan fingerprint density at radius 1 is 0.681 bits per heavy atom. The Kier molecular flexibility index (Phi) is 17.8. The van der Waals surface area contributed by atoms with Crippen LogP contribution in [0, 0.1) is 13.8 Å². The van der Waals surface area contributed by atoms with Crippen molar-refractivity contribution in [3.63, 3.8) is 0 Å². The van der Waals surface area contributed by atoms with Crippen LogP contribution in [0.25, 0.3) is 10.8 Å². The fraction of sp³-hybridized carbons (Fsp3) is 0.316. The van der Waals surface area contributed by atoms with Crippen LogP contribution >= 0.6 is 0 Å². The summed E-state index contributed by atoms with van der Waals surface area (Å²) in [5.74, 6) is -1.66. The van der Waals surface area contributed by atoms with Crippen LogP contribution in [0.3, 0.4) is 0 Å². The minimum absolute atomic E-state index is 0. The van der Waals surface area contributed by atoms with Gasteiger partial charge in [0.05, 0.1) is 11.4 Å². The molecule has 0 aliphatic heterocycles. The van der Waals surface area contributed by atoms with Crippen LogP contribution in [0.5, 0.6) is 11.5 Å². The van der Waals surface area contributed by atoms with Crippen LogP contribution in [0.2, 0.25) is 0 Å². The van der Waals surface area contributed by atoms with Crippen molar-refractivity contribution in [1.82, 2.24) is 0 Å². The van der Waals surface area contributed by atoms with E-state index in [1.54, 1.807) is 12.4 Å². The van der Waals surface area contributed by atoms with Gasteiger partial charge in [-0.25, -0.2) is 0 Å². The number of aliphatic carboxylic acids is 2. The van der Waals surface area contributed by atoms with Crippen LogP contribution in [-0.4, -0.2) is 34.6 Å². The number of aryl methyl sites for hydroxylation is 4. The van der Waals surface area contributed by atoms with Gasteiger partial charge in [0.1, 0.15) is 11.5 Å². The van der Waals surface area contributed by atoms with Gasteiger partial charge in [-0.05, 0) is 111 Å². The van der Waals surface area contributed by atoms with E-state index in [4.69, 9.17) is 29.8 Å². The number of hydrogen-bond donors (Lipinski definition) is 2. The second-order valence-electron chi connectivity index (χ2n) is 11.1. The fourth-order valence-corrected chi connectivity index (χ4v) is 4.72. The number of carbonyl (C=O) groups excluding carboxylic acids is 2. The van der Waals surface area contributed by atoms with Gasteiger partial charge in [-0.2, -0.15) is 0 Å². The maximum absolute atomic E-state index is 10.7. The van der Waals surface area contributed by atoms with Crippen LogP contribution in [0.1, 0.15) is 86.8 Å². The average molecular weight is 684 g/mol. The molecule has 0 aliphatic carbocycles.